The molecule has 8 atom stereocenters. The van der Waals surface area contributed by atoms with Crippen molar-refractivity contribution in [3.8, 4) is 0 Å². The molecule has 0 aromatic carbocycles. The van der Waals surface area contributed by atoms with E-state index in [1.165, 1.54) is 5.57 Å². The molecule has 4 fully saturated rings. The van der Waals surface area contributed by atoms with Crippen LogP contribution in [0.5, 0.6) is 0 Å². The van der Waals surface area contributed by atoms with E-state index < -0.39 is 16.4 Å². The van der Waals surface area contributed by atoms with Gasteiger partial charge < -0.3 is 14.6 Å². The molecule has 5 aliphatic rings. The van der Waals surface area contributed by atoms with Crippen molar-refractivity contribution in [3.63, 3.8) is 0 Å². The quantitative estimate of drug-likeness (QED) is 0.369. The van der Waals surface area contributed by atoms with Gasteiger partial charge in [0.15, 0.2) is 0 Å². The molecule has 0 amide bonds. The van der Waals surface area contributed by atoms with E-state index in [-0.39, 0.29) is 46.1 Å². The summed E-state index contributed by atoms with van der Waals surface area (Å²) >= 11 is 0. The predicted molar refractivity (Wildman–Crippen MR) is 139 cm³/mol. The largest absolute Gasteiger partial charge is 0.458 e. The lowest BCUT2D eigenvalue weighted by atomic mass is 9.41. The van der Waals surface area contributed by atoms with Gasteiger partial charge in [-0.2, -0.15) is 0 Å². The van der Waals surface area contributed by atoms with Gasteiger partial charge in [0.1, 0.15) is 11.4 Å². The van der Waals surface area contributed by atoms with Gasteiger partial charge in [-0.25, -0.2) is 0 Å². The molecule has 0 aromatic heterocycles. The molecule has 5 heteroatoms. The van der Waals surface area contributed by atoms with E-state index in [1.807, 2.05) is 6.92 Å². The third kappa shape index (κ3) is 3.20. The number of methoxy groups -OCH3 is 1. The molecule has 0 aromatic rings. The van der Waals surface area contributed by atoms with Crippen LogP contribution in [0.25, 0.3) is 0 Å². The van der Waals surface area contributed by atoms with E-state index in [4.69, 9.17) is 9.47 Å². The first-order valence-electron chi connectivity index (χ1n) is 14.3. The van der Waals surface area contributed by atoms with Crippen molar-refractivity contribution >= 4 is 11.8 Å². The standard InChI is InChI=1S/C31H48O5/c1-26(2,35-8)14-9-15-30(7)24-21(32)18-29(6)20-10-11-22-27(3,4)23(33)13-16-28(22,5)19(20)12-17-31(24,29)25(34)36-30/h12,20,22-24,33H,9-11,13-18H2,1-8H3/t20-,22?,23+,24-,28-,29+,30+,31?/m1/s1. The van der Waals surface area contributed by atoms with Crippen LogP contribution in [0.1, 0.15) is 106 Å². The monoisotopic (exact) mass is 500 g/mol. The summed E-state index contributed by atoms with van der Waals surface area (Å²) in [6.45, 7) is 15.2. The molecule has 0 radical (unpaired) electrons. The molecule has 1 aliphatic heterocycles. The Bertz CT molecular complexity index is 995. The van der Waals surface area contributed by atoms with Crippen LogP contribution in [0.3, 0.4) is 0 Å². The number of carbonyl (C=O) groups is 2. The Morgan fingerprint density at radius 1 is 1.11 bits per heavy atom. The van der Waals surface area contributed by atoms with Crippen LogP contribution < -0.4 is 0 Å². The highest BCUT2D eigenvalue weighted by atomic mass is 16.6. The summed E-state index contributed by atoms with van der Waals surface area (Å²) in [7, 11) is 1.73. The zero-order chi connectivity index (χ0) is 26.5. The molecule has 1 heterocycles. The molecular formula is C31H48O5. The van der Waals surface area contributed by atoms with E-state index in [9.17, 15) is 14.7 Å². The van der Waals surface area contributed by atoms with Crippen molar-refractivity contribution in [3.05, 3.63) is 11.6 Å². The fraction of sp³-hybridized carbons (Fsp3) is 0.871. The number of rotatable bonds is 5. The van der Waals surface area contributed by atoms with Crippen LogP contribution in [0.2, 0.25) is 0 Å². The van der Waals surface area contributed by atoms with Gasteiger partial charge in [-0.1, -0.05) is 39.3 Å². The molecule has 4 aliphatic carbocycles. The summed E-state index contributed by atoms with van der Waals surface area (Å²) in [5, 5.41) is 10.8. The Morgan fingerprint density at radius 2 is 1.81 bits per heavy atom. The van der Waals surface area contributed by atoms with Gasteiger partial charge in [0.05, 0.1) is 23.0 Å². The zero-order valence-electron chi connectivity index (χ0n) is 23.8. The van der Waals surface area contributed by atoms with Gasteiger partial charge in [-0.05, 0) is 100 Å². The minimum absolute atomic E-state index is 0.00888. The van der Waals surface area contributed by atoms with Crippen molar-refractivity contribution in [2.24, 2.45) is 39.4 Å². The topological polar surface area (TPSA) is 72.8 Å². The number of allylic oxidation sites excluding steroid dienone is 2. The summed E-state index contributed by atoms with van der Waals surface area (Å²) in [5.41, 5.74) is -0.811. The van der Waals surface area contributed by atoms with Crippen molar-refractivity contribution in [2.75, 3.05) is 7.11 Å². The lowest BCUT2D eigenvalue weighted by Gasteiger charge is -2.63. The van der Waals surface area contributed by atoms with E-state index in [1.54, 1.807) is 7.11 Å². The molecule has 1 saturated heterocycles. The highest BCUT2D eigenvalue weighted by Gasteiger charge is 2.78. The normalized spacial score (nSPS) is 47.4. The first-order valence-corrected chi connectivity index (χ1v) is 14.3. The molecule has 3 saturated carbocycles. The number of aliphatic hydroxyl groups is 1. The van der Waals surface area contributed by atoms with E-state index in [0.717, 1.165) is 38.5 Å². The van der Waals surface area contributed by atoms with Gasteiger partial charge in [-0.3, -0.25) is 9.59 Å². The van der Waals surface area contributed by atoms with Gasteiger partial charge in [-0.15, -0.1) is 0 Å². The average Bonchev–Trinajstić information content (AvgIpc) is 3.17. The van der Waals surface area contributed by atoms with Crippen molar-refractivity contribution in [2.45, 2.75) is 124 Å². The summed E-state index contributed by atoms with van der Waals surface area (Å²) in [6, 6.07) is 0. The number of ether oxygens (including phenoxy) is 2. The van der Waals surface area contributed by atoms with E-state index in [0.29, 0.717) is 25.2 Å². The maximum atomic E-state index is 13.9. The Kier molecular flexibility index (Phi) is 5.80. The third-order valence-corrected chi connectivity index (χ3v) is 12.3. The maximum absolute atomic E-state index is 13.9. The molecule has 36 heavy (non-hydrogen) atoms. The van der Waals surface area contributed by atoms with Crippen molar-refractivity contribution in [1.82, 2.24) is 0 Å². The van der Waals surface area contributed by atoms with Gasteiger partial charge in [0.25, 0.3) is 0 Å². The number of hydrogen-bond donors (Lipinski definition) is 1. The number of carbonyl (C=O) groups excluding carboxylic acids is 2. The van der Waals surface area contributed by atoms with Gasteiger partial charge in [0.2, 0.25) is 0 Å². The number of Topliss-reactive ketones (excluding diaryl/α,β-unsaturated/α-hetero) is 1. The lowest BCUT2D eigenvalue weighted by Crippen LogP contribution is -2.58. The molecular weight excluding hydrogens is 452 g/mol. The Morgan fingerprint density at radius 3 is 2.47 bits per heavy atom. The highest BCUT2D eigenvalue weighted by Crippen LogP contribution is 2.75. The highest BCUT2D eigenvalue weighted by molar-refractivity contribution is 5.99. The fourth-order valence-electron chi connectivity index (χ4n) is 10.1. The molecule has 1 spiro atoms. The van der Waals surface area contributed by atoms with Crippen LogP contribution in [-0.2, 0) is 19.1 Å². The van der Waals surface area contributed by atoms with E-state index >= 15 is 0 Å². The number of ketones is 1. The van der Waals surface area contributed by atoms with Crippen LogP contribution in [0, 0.1) is 39.4 Å². The summed E-state index contributed by atoms with van der Waals surface area (Å²) < 4.78 is 11.9. The Balaban J connectivity index is 1.50. The molecule has 5 rings (SSSR count). The van der Waals surface area contributed by atoms with Crippen molar-refractivity contribution in [1.29, 1.82) is 0 Å². The first-order chi connectivity index (χ1) is 16.6. The third-order valence-electron chi connectivity index (χ3n) is 12.3. The van der Waals surface area contributed by atoms with E-state index in [2.05, 4.69) is 47.6 Å². The second-order valence-electron chi connectivity index (χ2n) is 14.8. The number of hydrogen-bond acceptors (Lipinski definition) is 5. The molecule has 2 unspecified atom stereocenters. The number of cyclic esters (lactones) is 1. The first kappa shape index (κ1) is 26.4. The van der Waals surface area contributed by atoms with Crippen LogP contribution in [-0.4, -0.2) is 41.3 Å². The van der Waals surface area contributed by atoms with Crippen molar-refractivity contribution < 1.29 is 24.2 Å². The Hall–Kier alpha value is -1.20. The number of esters is 1. The summed E-state index contributed by atoms with van der Waals surface area (Å²) in [6.07, 6.45) is 9.36. The minimum atomic E-state index is -0.753. The molecule has 202 valence electrons. The van der Waals surface area contributed by atoms with Crippen LogP contribution in [0.4, 0.5) is 0 Å². The van der Waals surface area contributed by atoms with Crippen LogP contribution >= 0.6 is 0 Å². The fourth-order valence-corrected chi connectivity index (χ4v) is 10.1. The minimum Gasteiger partial charge on any atom is -0.458 e. The number of aliphatic hydroxyl groups excluding tert-OH is 1. The SMILES string of the molecule is COC(C)(C)CCC[C@]1(C)OC(=O)C23CC=C4[C@@H](CCC5C(C)(C)[C@@H](O)CC[C@]45C)[C@]2(C)CC(=O)[C@@H]31. The van der Waals surface area contributed by atoms with Gasteiger partial charge >= 0.3 is 5.97 Å². The zero-order valence-corrected chi connectivity index (χ0v) is 23.8. The van der Waals surface area contributed by atoms with Crippen LogP contribution in [0.15, 0.2) is 11.6 Å². The maximum Gasteiger partial charge on any atom is 0.314 e. The molecule has 0 bridgehead atoms. The average molecular weight is 501 g/mol. The predicted octanol–water partition coefficient (Wildman–Crippen LogP) is 6.02. The molecule has 1 N–H and O–H groups in total. The lowest BCUT2D eigenvalue weighted by molar-refractivity contribution is -0.163. The van der Waals surface area contributed by atoms with Gasteiger partial charge in [0, 0.05) is 13.5 Å². The Labute approximate surface area is 217 Å². The second-order valence-corrected chi connectivity index (χ2v) is 14.8. The smallest absolute Gasteiger partial charge is 0.314 e. The summed E-state index contributed by atoms with van der Waals surface area (Å²) in [4.78, 5) is 27.8. The second kappa shape index (κ2) is 7.91. The summed E-state index contributed by atoms with van der Waals surface area (Å²) in [5.74, 6) is 0.331. The molecule has 5 nitrogen and oxygen atoms in total. The number of fused-ring (bicyclic) bond motifs is 4.